The summed E-state index contributed by atoms with van der Waals surface area (Å²) in [6.45, 7) is 2.51. The van der Waals surface area contributed by atoms with Crippen molar-refractivity contribution in [3.63, 3.8) is 0 Å². The summed E-state index contributed by atoms with van der Waals surface area (Å²) in [7, 11) is 1.55. The molecule has 0 spiro atoms. The third kappa shape index (κ3) is 4.08. The van der Waals surface area contributed by atoms with Crippen molar-refractivity contribution in [3.05, 3.63) is 34.1 Å². The Kier molecular flexibility index (Phi) is 5.70. The number of methoxy groups -OCH3 is 1. The first-order chi connectivity index (χ1) is 13.0. The number of aromatic nitrogens is 1. The summed E-state index contributed by atoms with van der Waals surface area (Å²) in [4.78, 5) is 27.8. The van der Waals surface area contributed by atoms with Crippen molar-refractivity contribution >= 4 is 16.8 Å². The average molecular weight is 374 g/mol. The molecule has 0 bridgehead atoms. The standard InChI is InChI=1S/C20H26N2O5/c1-3-4-5-10-27-17-15(26-2)7-6-13-11-14(18(24)21-16(13)17)19(25)22-20(12-23)8-9-20/h6-7,11,23H,3-5,8-10,12H2,1-2H3,(H,21,24)(H,22,25). The molecule has 7 heteroatoms. The van der Waals surface area contributed by atoms with Gasteiger partial charge in [-0.15, -0.1) is 0 Å². The second-order valence-electron chi connectivity index (χ2n) is 7.02. The third-order valence-corrected chi connectivity index (χ3v) is 4.93. The fourth-order valence-electron chi connectivity index (χ4n) is 3.01. The van der Waals surface area contributed by atoms with Gasteiger partial charge in [-0.05, 0) is 37.5 Å². The van der Waals surface area contributed by atoms with Crippen molar-refractivity contribution in [3.8, 4) is 11.5 Å². The summed E-state index contributed by atoms with van der Waals surface area (Å²) in [6, 6.07) is 5.08. The molecule has 0 unspecified atom stereocenters. The molecule has 3 rings (SSSR count). The van der Waals surface area contributed by atoms with Gasteiger partial charge in [-0.25, -0.2) is 0 Å². The molecular formula is C20H26N2O5. The molecule has 0 radical (unpaired) electrons. The van der Waals surface area contributed by atoms with E-state index >= 15 is 0 Å². The first-order valence-corrected chi connectivity index (χ1v) is 9.34. The summed E-state index contributed by atoms with van der Waals surface area (Å²) >= 11 is 0. The zero-order chi connectivity index (χ0) is 19.4. The highest BCUT2D eigenvalue weighted by Gasteiger charge is 2.43. The van der Waals surface area contributed by atoms with Gasteiger partial charge >= 0.3 is 0 Å². The Bertz CT molecular complexity index is 886. The predicted molar refractivity (Wildman–Crippen MR) is 103 cm³/mol. The van der Waals surface area contributed by atoms with E-state index in [1.165, 1.54) is 0 Å². The molecule has 0 atom stereocenters. The highest BCUT2D eigenvalue weighted by atomic mass is 16.5. The first-order valence-electron chi connectivity index (χ1n) is 9.34. The van der Waals surface area contributed by atoms with Crippen molar-refractivity contribution < 1.29 is 19.4 Å². The lowest BCUT2D eigenvalue weighted by molar-refractivity contribution is 0.0905. The predicted octanol–water partition coefficient (Wildman–Crippen LogP) is 2.36. The van der Waals surface area contributed by atoms with Crippen LogP contribution in [0.3, 0.4) is 0 Å². The van der Waals surface area contributed by atoms with Crippen LogP contribution in [0.15, 0.2) is 23.0 Å². The molecule has 1 amide bonds. The number of benzene rings is 1. The fraction of sp³-hybridized carbons (Fsp3) is 0.500. The Morgan fingerprint density at radius 1 is 1.33 bits per heavy atom. The number of amides is 1. The van der Waals surface area contributed by atoms with Crippen molar-refractivity contribution in [2.75, 3.05) is 20.3 Å². The maximum absolute atomic E-state index is 12.5. The second-order valence-corrected chi connectivity index (χ2v) is 7.02. The second kappa shape index (κ2) is 8.00. The summed E-state index contributed by atoms with van der Waals surface area (Å²) in [6.07, 6.45) is 4.48. The highest BCUT2D eigenvalue weighted by Crippen LogP contribution is 2.36. The lowest BCUT2D eigenvalue weighted by Gasteiger charge is -2.15. The molecule has 27 heavy (non-hydrogen) atoms. The van der Waals surface area contributed by atoms with Crippen molar-refractivity contribution in [2.45, 2.75) is 44.6 Å². The molecule has 1 saturated carbocycles. The smallest absolute Gasteiger partial charge is 0.261 e. The number of hydrogen-bond acceptors (Lipinski definition) is 5. The number of aromatic amines is 1. The number of unbranched alkanes of at least 4 members (excludes halogenated alkanes) is 2. The summed E-state index contributed by atoms with van der Waals surface area (Å²) in [5, 5.41) is 12.8. The van der Waals surface area contributed by atoms with Crippen LogP contribution < -0.4 is 20.3 Å². The van der Waals surface area contributed by atoms with Crippen LogP contribution in [0.25, 0.3) is 10.9 Å². The SMILES string of the molecule is CCCCCOc1c(OC)ccc2cc(C(=O)NC3(CO)CC3)c(=O)[nH]c12. The van der Waals surface area contributed by atoms with Crippen LogP contribution in [0.2, 0.25) is 0 Å². The van der Waals surface area contributed by atoms with Gasteiger partial charge in [0.25, 0.3) is 11.5 Å². The topological polar surface area (TPSA) is 101 Å². The maximum atomic E-state index is 12.5. The number of ether oxygens (including phenoxy) is 2. The molecule has 1 aliphatic carbocycles. The van der Waals surface area contributed by atoms with Gasteiger partial charge < -0.3 is 24.9 Å². The molecule has 0 aliphatic heterocycles. The normalized spacial score (nSPS) is 14.8. The van der Waals surface area contributed by atoms with Gasteiger partial charge in [0.15, 0.2) is 11.5 Å². The minimum atomic E-state index is -0.577. The van der Waals surface area contributed by atoms with Crippen LogP contribution in [0.4, 0.5) is 0 Å². The monoisotopic (exact) mass is 374 g/mol. The van der Waals surface area contributed by atoms with E-state index in [1.54, 1.807) is 25.3 Å². The molecule has 1 aliphatic rings. The van der Waals surface area contributed by atoms with E-state index in [9.17, 15) is 14.7 Å². The molecule has 2 aromatic rings. The summed E-state index contributed by atoms with van der Waals surface area (Å²) < 4.78 is 11.2. The maximum Gasteiger partial charge on any atom is 0.261 e. The van der Waals surface area contributed by atoms with E-state index in [0.717, 1.165) is 19.3 Å². The number of hydrogen-bond donors (Lipinski definition) is 3. The zero-order valence-corrected chi connectivity index (χ0v) is 15.8. The van der Waals surface area contributed by atoms with Gasteiger partial charge in [0.05, 0.1) is 31.4 Å². The van der Waals surface area contributed by atoms with Gasteiger partial charge in [0.2, 0.25) is 0 Å². The number of H-pyrrole nitrogens is 1. The van der Waals surface area contributed by atoms with Gasteiger partial charge in [0, 0.05) is 5.39 Å². The Morgan fingerprint density at radius 2 is 2.11 bits per heavy atom. The minimum absolute atomic E-state index is 0.0179. The molecule has 1 aromatic heterocycles. The van der Waals surface area contributed by atoms with Gasteiger partial charge in [-0.2, -0.15) is 0 Å². The van der Waals surface area contributed by atoms with Crippen LogP contribution in [0.1, 0.15) is 49.4 Å². The van der Waals surface area contributed by atoms with Crippen LogP contribution in [0, 0.1) is 0 Å². The largest absolute Gasteiger partial charge is 0.493 e. The molecule has 1 heterocycles. The number of rotatable bonds is 9. The molecule has 7 nitrogen and oxygen atoms in total. The van der Waals surface area contributed by atoms with Crippen molar-refractivity contribution in [1.82, 2.24) is 10.3 Å². The number of carbonyl (C=O) groups excluding carboxylic acids is 1. The molecule has 1 aromatic carbocycles. The fourth-order valence-corrected chi connectivity index (χ4v) is 3.01. The van der Waals surface area contributed by atoms with Crippen LogP contribution in [-0.4, -0.2) is 41.9 Å². The molecule has 3 N–H and O–H groups in total. The van der Waals surface area contributed by atoms with E-state index < -0.39 is 17.0 Å². The van der Waals surface area contributed by atoms with E-state index in [0.29, 0.717) is 41.9 Å². The Hall–Kier alpha value is -2.54. The van der Waals surface area contributed by atoms with Gasteiger partial charge in [0.1, 0.15) is 5.56 Å². The summed E-state index contributed by atoms with van der Waals surface area (Å²) in [5.74, 6) is 0.527. The van der Waals surface area contributed by atoms with Crippen LogP contribution >= 0.6 is 0 Å². The lowest BCUT2D eigenvalue weighted by atomic mass is 10.1. The Labute approximate surface area is 157 Å². The number of pyridine rings is 1. The van der Waals surface area contributed by atoms with E-state index in [2.05, 4.69) is 17.2 Å². The lowest BCUT2D eigenvalue weighted by Crippen LogP contribution is -2.41. The highest BCUT2D eigenvalue weighted by molar-refractivity contribution is 5.99. The molecule has 0 saturated heterocycles. The number of nitrogens with one attached hydrogen (secondary N) is 2. The van der Waals surface area contributed by atoms with Crippen LogP contribution in [0.5, 0.6) is 11.5 Å². The number of fused-ring (bicyclic) bond motifs is 1. The number of aliphatic hydroxyl groups excluding tert-OH is 1. The average Bonchev–Trinajstić information content (AvgIpc) is 3.44. The number of aliphatic hydroxyl groups is 1. The molecular weight excluding hydrogens is 348 g/mol. The third-order valence-electron chi connectivity index (χ3n) is 4.93. The summed E-state index contributed by atoms with van der Waals surface area (Å²) in [5.41, 5.74) is -0.549. The van der Waals surface area contributed by atoms with Crippen LogP contribution in [-0.2, 0) is 0 Å². The Morgan fingerprint density at radius 3 is 2.74 bits per heavy atom. The van der Waals surface area contributed by atoms with E-state index in [-0.39, 0.29) is 12.2 Å². The van der Waals surface area contributed by atoms with E-state index in [1.807, 2.05) is 0 Å². The van der Waals surface area contributed by atoms with Gasteiger partial charge in [-0.1, -0.05) is 19.8 Å². The van der Waals surface area contributed by atoms with Gasteiger partial charge in [-0.3, -0.25) is 9.59 Å². The van der Waals surface area contributed by atoms with E-state index in [4.69, 9.17) is 9.47 Å². The molecule has 1 fully saturated rings. The molecule has 146 valence electrons. The van der Waals surface area contributed by atoms with Crippen molar-refractivity contribution in [1.29, 1.82) is 0 Å². The number of carbonyl (C=O) groups is 1. The van der Waals surface area contributed by atoms with Crippen molar-refractivity contribution in [2.24, 2.45) is 0 Å². The Balaban J connectivity index is 1.93. The zero-order valence-electron chi connectivity index (χ0n) is 15.8. The minimum Gasteiger partial charge on any atom is -0.493 e. The first kappa shape index (κ1) is 19.2. The quantitative estimate of drug-likeness (QED) is 0.585.